The van der Waals surface area contributed by atoms with Gasteiger partial charge < -0.3 is 14.8 Å². The van der Waals surface area contributed by atoms with E-state index in [1.165, 1.54) is 0 Å². The Morgan fingerprint density at radius 1 is 1.00 bits per heavy atom. The average Bonchev–Trinajstić information content (AvgIpc) is 2.70. The van der Waals surface area contributed by atoms with Crippen molar-refractivity contribution < 1.29 is 14.3 Å². The number of hydrogen-bond acceptors (Lipinski definition) is 5. The van der Waals surface area contributed by atoms with Crippen molar-refractivity contribution >= 4 is 34.8 Å². The molecular formula is C20H17Cl2N3O3. The molecule has 0 aliphatic rings. The highest BCUT2D eigenvalue weighted by Gasteiger charge is 2.08. The molecular weight excluding hydrogens is 401 g/mol. The van der Waals surface area contributed by atoms with Gasteiger partial charge in [-0.15, -0.1) is 10.2 Å². The third-order valence-electron chi connectivity index (χ3n) is 3.65. The first kappa shape index (κ1) is 19.9. The van der Waals surface area contributed by atoms with Crippen LogP contribution in [0.25, 0.3) is 11.3 Å². The van der Waals surface area contributed by atoms with Gasteiger partial charge in [0, 0.05) is 28.4 Å². The molecule has 3 rings (SSSR count). The van der Waals surface area contributed by atoms with Crippen molar-refractivity contribution in [3.05, 3.63) is 64.6 Å². The summed E-state index contributed by atoms with van der Waals surface area (Å²) in [6, 6.07) is 15.6. The molecule has 0 aliphatic heterocycles. The second-order valence-electron chi connectivity index (χ2n) is 5.68. The second kappa shape index (κ2) is 9.39. The molecule has 28 heavy (non-hydrogen) atoms. The van der Waals surface area contributed by atoms with E-state index in [2.05, 4.69) is 15.5 Å². The predicted octanol–water partition coefficient (Wildman–Crippen LogP) is 4.87. The van der Waals surface area contributed by atoms with Gasteiger partial charge in [0.15, 0.2) is 6.61 Å². The van der Waals surface area contributed by atoms with E-state index in [1.807, 2.05) is 25.1 Å². The molecule has 3 aromatic rings. The van der Waals surface area contributed by atoms with Gasteiger partial charge in [0.2, 0.25) is 5.88 Å². The van der Waals surface area contributed by atoms with E-state index in [0.29, 0.717) is 39.7 Å². The van der Waals surface area contributed by atoms with Crippen LogP contribution < -0.4 is 14.8 Å². The lowest BCUT2D eigenvalue weighted by molar-refractivity contribution is -0.118. The van der Waals surface area contributed by atoms with Crippen molar-refractivity contribution in [1.82, 2.24) is 10.2 Å². The molecule has 0 saturated heterocycles. The van der Waals surface area contributed by atoms with Gasteiger partial charge >= 0.3 is 0 Å². The number of halogens is 2. The summed E-state index contributed by atoms with van der Waals surface area (Å²) >= 11 is 11.9. The minimum Gasteiger partial charge on any atom is -0.482 e. The molecule has 0 aliphatic carbocycles. The molecule has 0 radical (unpaired) electrons. The molecule has 0 saturated carbocycles. The maximum absolute atomic E-state index is 12.1. The van der Waals surface area contributed by atoms with Gasteiger partial charge in [0.05, 0.1) is 17.3 Å². The molecule has 0 fully saturated rings. The van der Waals surface area contributed by atoms with E-state index in [-0.39, 0.29) is 12.5 Å². The van der Waals surface area contributed by atoms with Gasteiger partial charge in [-0.25, -0.2) is 0 Å². The summed E-state index contributed by atoms with van der Waals surface area (Å²) in [6.45, 7) is 2.24. The van der Waals surface area contributed by atoms with Crippen molar-refractivity contribution in [3.63, 3.8) is 0 Å². The van der Waals surface area contributed by atoms with E-state index in [4.69, 9.17) is 32.7 Å². The standard InChI is InChI=1S/C20H17Cl2N3O3/c1-2-27-20-10-9-17(24-25-20)13-3-6-15(7-4-13)23-19(26)12-28-18-11-14(21)5-8-16(18)22/h3-11H,2,12H2,1H3,(H,23,26). The molecule has 1 heterocycles. The summed E-state index contributed by atoms with van der Waals surface area (Å²) < 4.78 is 10.7. The van der Waals surface area contributed by atoms with Crippen LogP contribution in [-0.4, -0.2) is 29.3 Å². The molecule has 2 aromatic carbocycles. The van der Waals surface area contributed by atoms with Crippen LogP contribution in [0.1, 0.15) is 6.92 Å². The van der Waals surface area contributed by atoms with Crippen molar-refractivity contribution in [1.29, 1.82) is 0 Å². The van der Waals surface area contributed by atoms with E-state index < -0.39 is 0 Å². The van der Waals surface area contributed by atoms with Crippen molar-refractivity contribution in [2.75, 3.05) is 18.5 Å². The van der Waals surface area contributed by atoms with Crippen LogP contribution in [0.15, 0.2) is 54.6 Å². The Morgan fingerprint density at radius 3 is 2.46 bits per heavy atom. The third-order valence-corrected chi connectivity index (χ3v) is 4.20. The van der Waals surface area contributed by atoms with Crippen LogP contribution in [0.5, 0.6) is 11.6 Å². The summed E-state index contributed by atoms with van der Waals surface area (Å²) in [5.74, 6) is 0.522. The third kappa shape index (κ3) is 5.34. The number of nitrogens with zero attached hydrogens (tertiary/aromatic N) is 2. The van der Waals surface area contributed by atoms with E-state index in [9.17, 15) is 4.79 Å². The Morgan fingerprint density at radius 2 is 1.79 bits per heavy atom. The molecule has 6 nitrogen and oxygen atoms in total. The van der Waals surface area contributed by atoms with Crippen molar-refractivity contribution in [2.45, 2.75) is 6.92 Å². The van der Waals surface area contributed by atoms with Gasteiger partial charge in [0.25, 0.3) is 5.91 Å². The van der Waals surface area contributed by atoms with Gasteiger partial charge in [0.1, 0.15) is 5.75 Å². The zero-order valence-corrected chi connectivity index (χ0v) is 16.5. The molecule has 0 unspecified atom stereocenters. The number of rotatable bonds is 7. The first-order valence-electron chi connectivity index (χ1n) is 8.50. The topological polar surface area (TPSA) is 73.3 Å². The minimum absolute atomic E-state index is 0.188. The molecule has 0 bridgehead atoms. The summed E-state index contributed by atoms with van der Waals surface area (Å²) in [7, 11) is 0. The summed E-state index contributed by atoms with van der Waals surface area (Å²) in [6.07, 6.45) is 0. The summed E-state index contributed by atoms with van der Waals surface area (Å²) in [5, 5.41) is 11.8. The SMILES string of the molecule is CCOc1ccc(-c2ccc(NC(=O)COc3cc(Cl)ccc3Cl)cc2)nn1. The lowest BCUT2D eigenvalue weighted by atomic mass is 10.1. The van der Waals surface area contributed by atoms with Crippen LogP contribution in [0, 0.1) is 0 Å². The van der Waals surface area contributed by atoms with Gasteiger partial charge in [-0.2, -0.15) is 0 Å². The lowest BCUT2D eigenvalue weighted by Crippen LogP contribution is -2.20. The second-order valence-corrected chi connectivity index (χ2v) is 6.52. The highest BCUT2D eigenvalue weighted by Crippen LogP contribution is 2.27. The van der Waals surface area contributed by atoms with Gasteiger partial charge in [-0.1, -0.05) is 35.3 Å². The van der Waals surface area contributed by atoms with Crippen LogP contribution in [0.4, 0.5) is 5.69 Å². The number of anilines is 1. The normalized spacial score (nSPS) is 10.4. The maximum atomic E-state index is 12.1. The largest absolute Gasteiger partial charge is 0.482 e. The Labute approximate surface area is 172 Å². The maximum Gasteiger partial charge on any atom is 0.262 e. The van der Waals surface area contributed by atoms with Gasteiger partial charge in [-0.3, -0.25) is 4.79 Å². The van der Waals surface area contributed by atoms with Crippen molar-refractivity contribution in [3.8, 4) is 22.9 Å². The van der Waals surface area contributed by atoms with E-state index in [0.717, 1.165) is 5.56 Å². The Hall–Kier alpha value is -2.83. The average molecular weight is 418 g/mol. The minimum atomic E-state index is -0.315. The highest BCUT2D eigenvalue weighted by atomic mass is 35.5. The summed E-state index contributed by atoms with van der Waals surface area (Å²) in [4.78, 5) is 12.1. The molecule has 1 aromatic heterocycles. The zero-order chi connectivity index (χ0) is 19.9. The first-order valence-corrected chi connectivity index (χ1v) is 9.25. The predicted molar refractivity (Wildman–Crippen MR) is 109 cm³/mol. The van der Waals surface area contributed by atoms with E-state index in [1.54, 1.807) is 36.4 Å². The number of amides is 1. The Kier molecular flexibility index (Phi) is 6.68. The van der Waals surface area contributed by atoms with Gasteiger partial charge in [-0.05, 0) is 37.3 Å². The molecule has 1 N–H and O–H groups in total. The number of carbonyl (C=O) groups is 1. The fraction of sp³-hybridized carbons (Fsp3) is 0.150. The Balaban J connectivity index is 1.57. The molecule has 1 amide bonds. The van der Waals surface area contributed by atoms with Crippen LogP contribution in [0.3, 0.4) is 0 Å². The molecule has 0 spiro atoms. The fourth-order valence-electron chi connectivity index (χ4n) is 2.35. The Bertz CT molecular complexity index is 948. The monoisotopic (exact) mass is 417 g/mol. The lowest BCUT2D eigenvalue weighted by Gasteiger charge is -2.09. The number of aromatic nitrogens is 2. The number of carbonyl (C=O) groups excluding carboxylic acids is 1. The van der Waals surface area contributed by atoms with Crippen LogP contribution in [0.2, 0.25) is 10.0 Å². The van der Waals surface area contributed by atoms with Crippen LogP contribution in [-0.2, 0) is 4.79 Å². The molecule has 0 atom stereocenters. The zero-order valence-electron chi connectivity index (χ0n) is 15.0. The number of hydrogen-bond donors (Lipinski definition) is 1. The molecule has 144 valence electrons. The molecule has 8 heteroatoms. The first-order chi connectivity index (χ1) is 13.5. The summed E-state index contributed by atoms with van der Waals surface area (Å²) in [5.41, 5.74) is 2.21. The highest BCUT2D eigenvalue weighted by molar-refractivity contribution is 6.34. The smallest absolute Gasteiger partial charge is 0.262 e. The quantitative estimate of drug-likeness (QED) is 0.593. The number of ether oxygens (including phenoxy) is 2. The van der Waals surface area contributed by atoms with E-state index >= 15 is 0 Å². The fourth-order valence-corrected chi connectivity index (χ4v) is 2.69. The number of benzene rings is 2. The van der Waals surface area contributed by atoms with Crippen LogP contribution >= 0.6 is 23.2 Å². The number of nitrogens with one attached hydrogen (secondary N) is 1. The van der Waals surface area contributed by atoms with Crippen molar-refractivity contribution in [2.24, 2.45) is 0 Å².